The molecule has 0 spiro atoms. The van der Waals surface area contributed by atoms with E-state index in [1.54, 1.807) is 36.4 Å². The Labute approximate surface area is 188 Å². The summed E-state index contributed by atoms with van der Waals surface area (Å²) in [6, 6.07) is 23.6. The maximum absolute atomic E-state index is 13.2. The van der Waals surface area contributed by atoms with Crippen LogP contribution < -0.4 is 5.32 Å². The fourth-order valence-corrected chi connectivity index (χ4v) is 4.26. The fourth-order valence-electron chi connectivity index (χ4n) is 3.00. The number of carbonyl (C=O) groups is 2. The first-order valence-electron chi connectivity index (χ1n) is 9.11. The number of anilines is 1. The first-order chi connectivity index (χ1) is 14.5. The van der Waals surface area contributed by atoms with Gasteiger partial charge in [0.1, 0.15) is 10.6 Å². The van der Waals surface area contributed by atoms with Crippen molar-refractivity contribution in [3.8, 4) is 0 Å². The third-order valence-corrected chi connectivity index (χ3v) is 6.01. The van der Waals surface area contributed by atoms with Crippen LogP contribution in [0.5, 0.6) is 0 Å². The second kappa shape index (κ2) is 8.96. The molecule has 1 aliphatic rings. The van der Waals surface area contributed by atoms with Gasteiger partial charge in [-0.15, -0.1) is 0 Å². The number of carbonyl (C=O) groups excluding carboxylic acids is 2. The number of rotatable bonds is 6. The molecule has 0 aliphatic carbocycles. The number of imide groups is 1. The highest BCUT2D eigenvalue weighted by Gasteiger charge is 2.39. The summed E-state index contributed by atoms with van der Waals surface area (Å²) < 4.78 is 0. The molecule has 1 N–H and O–H groups in total. The molecule has 1 aliphatic heterocycles. The quantitative estimate of drug-likeness (QED) is 0.465. The molecule has 0 atom stereocenters. The number of amides is 2. The zero-order valence-electron chi connectivity index (χ0n) is 15.6. The van der Waals surface area contributed by atoms with E-state index >= 15 is 0 Å². The van der Waals surface area contributed by atoms with E-state index in [-0.39, 0.29) is 24.1 Å². The van der Waals surface area contributed by atoms with Crippen LogP contribution in [0, 0.1) is 0 Å². The number of nitrogens with zero attached hydrogens (tertiary/aromatic N) is 1. The molecule has 4 nitrogen and oxygen atoms in total. The first kappa shape index (κ1) is 20.5. The molecule has 30 heavy (non-hydrogen) atoms. The Kier molecular flexibility index (Phi) is 6.13. The van der Waals surface area contributed by atoms with Gasteiger partial charge in [0.25, 0.3) is 11.8 Å². The standard InChI is InChI=1S/C23H16Cl2N2O2S/c24-16-9-11-19(12-10-16)30-21-20(26-18-8-4-7-17(25)13-18)22(28)27(23(21)29)14-15-5-2-1-3-6-15/h1-13,26H,14H2. The Morgan fingerprint density at radius 3 is 2.23 bits per heavy atom. The average Bonchev–Trinajstić information content (AvgIpc) is 2.95. The number of halogens is 2. The van der Waals surface area contributed by atoms with E-state index in [4.69, 9.17) is 23.2 Å². The van der Waals surface area contributed by atoms with Crippen molar-refractivity contribution in [2.75, 3.05) is 5.32 Å². The molecule has 0 fully saturated rings. The van der Waals surface area contributed by atoms with Crippen LogP contribution >= 0.6 is 35.0 Å². The summed E-state index contributed by atoms with van der Waals surface area (Å²) >= 11 is 13.3. The maximum Gasteiger partial charge on any atom is 0.278 e. The first-order valence-corrected chi connectivity index (χ1v) is 10.7. The number of hydrogen-bond donors (Lipinski definition) is 1. The van der Waals surface area contributed by atoms with E-state index in [1.165, 1.54) is 16.7 Å². The smallest absolute Gasteiger partial charge is 0.278 e. The van der Waals surface area contributed by atoms with Gasteiger partial charge in [-0.25, -0.2) is 0 Å². The monoisotopic (exact) mass is 454 g/mol. The van der Waals surface area contributed by atoms with Crippen LogP contribution in [0.3, 0.4) is 0 Å². The van der Waals surface area contributed by atoms with E-state index in [0.29, 0.717) is 20.6 Å². The van der Waals surface area contributed by atoms with Crippen molar-refractivity contribution in [2.24, 2.45) is 0 Å². The lowest BCUT2D eigenvalue weighted by atomic mass is 10.2. The predicted octanol–water partition coefficient (Wildman–Crippen LogP) is 5.98. The van der Waals surface area contributed by atoms with Gasteiger partial charge in [0.15, 0.2) is 0 Å². The summed E-state index contributed by atoms with van der Waals surface area (Å²) in [5.41, 5.74) is 1.74. The van der Waals surface area contributed by atoms with Gasteiger partial charge in [-0.3, -0.25) is 14.5 Å². The lowest BCUT2D eigenvalue weighted by Gasteiger charge is -2.15. The molecule has 0 radical (unpaired) electrons. The highest BCUT2D eigenvalue weighted by Crippen LogP contribution is 2.37. The SMILES string of the molecule is O=C1C(Nc2cccc(Cl)c2)=C(Sc2ccc(Cl)cc2)C(=O)N1Cc1ccccc1. The molecule has 0 aromatic heterocycles. The Morgan fingerprint density at radius 2 is 1.53 bits per heavy atom. The van der Waals surface area contributed by atoms with Crippen molar-refractivity contribution in [1.82, 2.24) is 4.90 Å². The van der Waals surface area contributed by atoms with Gasteiger partial charge in [-0.05, 0) is 48.0 Å². The summed E-state index contributed by atoms with van der Waals surface area (Å²) in [5, 5.41) is 4.23. The van der Waals surface area contributed by atoms with Gasteiger partial charge in [0.05, 0.1) is 6.54 Å². The predicted molar refractivity (Wildman–Crippen MR) is 121 cm³/mol. The molecule has 7 heteroatoms. The van der Waals surface area contributed by atoms with Gasteiger partial charge in [-0.1, -0.05) is 71.4 Å². The molecular formula is C23H16Cl2N2O2S. The Balaban J connectivity index is 1.68. The summed E-state index contributed by atoms with van der Waals surface area (Å²) in [4.78, 5) is 28.8. The zero-order chi connectivity index (χ0) is 21.1. The van der Waals surface area contributed by atoms with Gasteiger partial charge in [0.2, 0.25) is 0 Å². The molecule has 3 aromatic carbocycles. The summed E-state index contributed by atoms with van der Waals surface area (Å²) in [7, 11) is 0. The summed E-state index contributed by atoms with van der Waals surface area (Å²) in [6.07, 6.45) is 0. The van der Waals surface area contributed by atoms with E-state index < -0.39 is 0 Å². The van der Waals surface area contributed by atoms with Crippen LogP contribution in [-0.2, 0) is 16.1 Å². The number of benzene rings is 3. The molecule has 0 unspecified atom stereocenters. The van der Waals surface area contributed by atoms with Crippen LogP contribution in [0.1, 0.15) is 5.56 Å². The lowest BCUT2D eigenvalue weighted by molar-refractivity contribution is -0.137. The van der Waals surface area contributed by atoms with Crippen LogP contribution in [0.4, 0.5) is 5.69 Å². The third kappa shape index (κ3) is 4.54. The maximum atomic E-state index is 13.2. The molecule has 150 valence electrons. The van der Waals surface area contributed by atoms with Crippen molar-refractivity contribution in [1.29, 1.82) is 0 Å². The van der Waals surface area contributed by atoms with Gasteiger partial charge in [0, 0.05) is 20.6 Å². The molecule has 1 heterocycles. The molecule has 0 bridgehead atoms. The van der Waals surface area contributed by atoms with E-state index in [9.17, 15) is 9.59 Å². The minimum Gasteiger partial charge on any atom is -0.350 e. The Morgan fingerprint density at radius 1 is 0.800 bits per heavy atom. The normalized spacial score (nSPS) is 13.9. The topological polar surface area (TPSA) is 49.4 Å². The van der Waals surface area contributed by atoms with Gasteiger partial charge in [-0.2, -0.15) is 0 Å². The van der Waals surface area contributed by atoms with Crippen molar-refractivity contribution in [2.45, 2.75) is 11.4 Å². The van der Waals surface area contributed by atoms with E-state index in [1.807, 2.05) is 42.5 Å². The molecule has 2 amide bonds. The molecular weight excluding hydrogens is 439 g/mol. The van der Waals surface area contributed by atoms with Crippen LogP contribution in [0.2, 0.25) is 10.0 Å². The van der Waals surface area contributed by atoms with E-state index in [2.05, 4.69) is 5.32 Å². The van der Waals surface area contributed by atoms with E-state index in [0.717, 1.165) is 10.5 Å². The zero-order valence-corrected chi connectivity index (χ0v) is 18.0. The molecule has 3 aromatic rings. The third-order valence-electron chi connectivity index (χ3n) is 4.44. The largest absolute Gasteiger partial charge is 0.350 e. The lowest BCUT2D eigenvalue weighted by Crippen LogP contribution is -2.31. The Hall–Kier alpha value is -2.73. The Bertz CT molecular complexity index is 1130. The highest BCUT2D eigenvalue weighted by molar-refractivity contribution is 8.04. The minimum atomic E-state index is -0.375. The fraction of sp³-hybridized carbons (Fsp3) is 0.0435. The van der Waals surface area contributed by atoms with Crippen LogP contribution in [0.15, 0.2) is 94.4 Å². The molecule has 0 saturated carbocycles. The number of hydrogen-bond acceptors (Lipinski definition) is 4. The van der Waals surface area contributed by atoms with Crippen molar-refractivity contribution in [3.63, 3.8) is 0 Å². The minimum absolute atomic E-state index is 0.198. The number of thioether (sulfide) groups is 1. The summed E-state index contributed by atoms with van der Waals surface area (Å²) in [5.74, 6) is -0.714. The van der Waals surface area contributed by atoms with Gasteiger partial charge < -0.3 is 5.32 Å². The van der Waals surface area contributed by atoms with Crippen LogP contribution in [-0.4, -0.2) is 16.7 Å². The second-order valence-corrected chi connectivity index (χ2v) is 8.53. The average molecular weight is 455 g/mol. The second-order valence-electron chi connectivity index (χ2n) is 6.58. The summed E-state index contributed by atoms with van der Waals surface area (Å²) in [6.45, 7) is 0.198. The molecule has 0 saturated heterocycles. The van der Waals surface area contributed by atoms with Crippen molar-refractivity contribution in [3.05, 3.63) is 105 Å². The van der Waals surface area contributed by atoms with Gasteiger partial charge >= 0.3 is 0 Å². The number of nitrogens with one attached hydrogen (secondary N) is 1. The highest BCUT2D eigenvalue weighted by atomic mass is 35.5. The van der Waals surface area contributed by atoms with Crippen LogP contribution in [0.25, 0.3) is 0 Å². The molecule has 4 rings (SSSR count). The van der Waals surface area contributed by atoms with Crippen molar-refractivity contribution < 1.29 is 9.59 Å². The van der Waals surface area contributed by atoms with Crippen molar-refractivity contribution >= 4 is 52.5 Å².